The second-order valence-electron chi connectivity index (χ2n) is 7.73. The first-order valence-corrected chi connectivity index (χ1v) is 12.0. The number of fused-ring (bicyclic) bond motifs is 1. The quantitative estimate of drug-likeness (QED) is 0.511. The second-order valence-corrected chi connectivity index (χ2v) is 8.68. The molecule has 2 aromatic carbocycles. The fourth-order valence-corrected chi connectivity index (χ4v) is 4.60. The van der Waals surface area contributed by atoms with E-state index >= 15 is 0 Å². The van der Waals surface area contributed by atoms with Gasteiger partial charge >= 0.3 is 0 Å². The van der Waals surface area contributed by atoms with Gasteiger partial charge in [-0.05, 0) is 69.2 Å². The van der Waals surface area contributed by atoms with E-state index < -0.39 is 6.04 Å². The van der Waals surface area contributed by atoms with Gasteiger partial charge in [0.2, 0.25) is 5.91 Å². The number of nitrogens with one attached hydrogen (secondary N) is 1. The molecule has 3 aromatic rings. The maximum Gasteiger partial charge on any atom is 0.265 e. The molecule has 0 saturated heterocycles. The highest BCUT2D eigenvalue weighted by Gasteiger charge is 2.33. The van der Waals surface area contributed by atoms with E-state index in [1.807, 2.05) is 30.5 Å². The predicted octanol–water partition coefficient (Wildman–Crippen LogP) is 4.91. The first kappa shape index (κ1) is 22.8. The van der Waals surface area contributed by atoms with Crippen molar-refractivity contribution in [3.05, 3.63) is 52.9 Å². The summed E-state index contributed by atoms with van der Waals surface area (Å²) in [5, 5.41) is 5.98. The van der Waals surface area contributed by atoms with E-state index in [1.165, 1.54) is 4.90 Å². The Bertz CT molecular complexity index is 1140. The van der Waals surface area contributed by atoms with E-state index in [0.717, 1.165) is 34.9 Å². The van der Waals surface area contributed by atoms with Crippen molar-refractivity contribution in [2.45, 2.75) is 39.7 Å². The number of anilines is 2. The zero-order chi connectivity index (χ0) is 23.4. The van der Waals surface area contributed by atoms with Crippen LogP contribution in [0.3, 0.4) is 0 Å². The Morgan fingerprint density at radius 3 is 2.76 bits per heavy atom. The van der Waals surface area contributed by atoms with Crippen molar-refractivity contribution >= 4 is 34.5 Å². The van der Waals surface area contributed by atoms with Crippen molar-refractivity contribution in [3.8, 4) is 22.8 Å². The molecule has 2 amide bonds. The maximum absolute atomic E-state index is 13.0. The fraction of sp³-hybridized carbons (Fsp3) is 0.320. The van der Waals surface area contributed by atoms with Gasteiger partial charge in [-0.3, -0.25) is 14.5 Å². The maximum atomic E-state index is 13.0. The Morgan fingerprint density at radius 1 is 1.24 bits per heavy atom. The third-order valence-corrected chi connectivity index (χ3v) is 6.26. The summed E-state index contributed by atoms with van der Waals surface area (Å²) in [6.07, 6.45) is 1.97. The lowest BCUT2D eigenvalue weighted by Crippen LogP contribution is -2.49. The van der Waals surface area contributed by atoms with Crippen LogP contribution in [0.1, 0.15) is 32.2 Å². The standard InChI is InChI=1S/C25H27N3O4S/c1-4-6-23-27-20(15-33-23)17-7-12-22-21(13-17)28(24(29)14-32-22)16(3)25(30)26-18-8-10-19(11-9-18)31-5-2/h7-13,15-16H,4-6,14H2,1-3H3,(H,26,30). The Balaban J connectivity index is 1.57. The monoisotopic (exact) mass is 465 g/mol. The average Bonchev–Trinajstić information content (AvgIpc) is 3.28. The number of hydrogen-bond acceptors (Lipinski definition) is 6. The molecule has 33 heavy (non-hydrogen) atoms. The van der Waals surface area contributed by atoms with Gasteiger partial charge in [-0.2, -0.15) is 0 Å². The number of ether oxygens (including phenoxy) is 2. The summed E-state index contributed by atoms with van der Waals surface area (Å²) in [7, 11) is 0. The summed E-state index contributed by atoms with van der Waals surface area (Å²) in [6, 6.07) is 12.1. The molecule has 172 valence electrons. The van der Waals surface area contributed by atoms with Gasteiger partial charge in [0.25, 0.3) is 5.91 Å². The van der Waals surface area contributed by atoms with Crippen LogP contribution in [0.5, 0.6) is 11.5 Å². The van der Waals surface area contributed by atoms with Crippen LogP contribution in [0.25, 0.3) is 11.3 Å². The summed E-state index contributed by atoms with van der Waals surface area (Å²) >= 11 is 1.63. The highest BCUT2D eigenvalue weighted by molar-refractivity contribution is 7.09. The third-order valence-electron chi connectivity index (χ3n) is 5.35. The van der Waals surface area contributed by atoms with Crippen molar-refractivity contribution < 1.29 is 19.1 Å². The molecule has 0 fully saturated rings. The molecule has 1 aliphatic heterocycles. The number of aryl methyl sites for hydroxylation is 1. The number of benzene rings is 2. The normalized spacial score (nSPS) is 13.8. The van der Waals surface area contributed by atoms with Crippen LogP contribution in [0.15, 0.2) is 47.8 Å². The predicted molar refractivity (Wildman–Crippen MR) is 130 cm³/mol. The number of carbonyl (C=O) groups is 2. The highest BCUT2D eigenvalue weighted by Crippen LogP contribution is 2.37. The lowest BCUT2D eigenvalue weighted by Gasteiger charge is -2.33. The number of nitrogens with zero attached hydrogens (tertiary/aromatic N) is 2. The largest absolute Gasteiger partial charge is 0.494 e. The number of thiazole rings is 1. The fourth-order valence-electron chi connectivity index (χ4n) is 3.69. The Hall–Kier alpha value is -3.39. The lowest BCUT2D eigenvalue weighted by molar-refractivity contribution is -0.125. The van der Waals surface area contributed by atoms with E-state index in [9.17, 15) is 9.59 Å². The molecule has 0 radical (unpaired) electrons. The molecule has 4 rings (SSSR count). The minimum absolute atomic E-state index is 0.107. The first-order chi connectivity index (χ1) is 16.0. The van der Waals surface area contributed by atoms with Gasteiger partial charge in [0, 0.05) is 16.6 Å². The first-order valence-electron chi connectivity index (χ1n) is 11.1. The van der Waals surface area contributed by atoms with Crippen molar-refractivity contribution in [2.24, 2.45) is 0 Å². The zero-order valence-corrected chi connectivity index (χ0v) is 19.8. The molecule has 1 aromatic heterocycles. The highest BCUT2D eigenvalue weighted by atomic mass is 32.1. The third kappa shape index (κ3) is 5.01. The molecule has 1 atom stereocenters. The Kier molecular flexibility index (Phi) is 6.93. The second kappa shape index (κ2) is 10.0. The van der Waals surface area contributed by atoms with E-state index in [4.69, 9.17) is 14.5 Å². The SMILES string of the molecule is CCCc1nc(-c2ccc3c(c2)N(C(C)C(=O)Nc2ccc(OCC)cc2)C(=O)CO3)cs1. The van der Waals surface area contributed by atoms with E-state index in [-0.39, 0.29) is 18.4 Å². The molecule has 2 heterocycles. The van der Waals surface area contributed by atoms with Crippen molar-refractivity contribution in [2.75, 3.05) is 23.4 Å². The van der Waals surface area contributed by atoms with Crippen LogP contribution in [0.2, 0.25) is 0 Å². The lowest BCUT2D eigenvalue weighted by atomic mass is 10.1. The number of aromatic nitrogens is 1. The molecule has 1 aliphatic rings. The summed E-state index contributed by atoms with van der Waals surface area (Å²) < 4.78 is 11.1. The molecule has 0 aliphatic carbocycles. The van der Waals surface area contributed by atoms with Gasteiger partial charge in [-0.1, -0.05) is 6.92 Å². The minimum Gasteiger partial charge on any atom is -0.494 e. The minimum atomic E-state index is -0.729. The summed E-state index contributed by atoms with van der Waals surface area (Å²) in [5.74, 6) is 0.754. The van der Waals surface area contributed by atoms with E-state index in [2.05, 4.69) is 12.2 Å². The topological polar surface area (TPSA) is 80.8 Å². The molecule has 7 nitrogen and oxygen atoms in total. The smallest absolute Gasteiger partial charge is 0.265 e. The molecule has 8 heteroatoms. The average molecular weight is 466 g/mol. The van der Waals surface area contributed by atoms with Gasteiger partial charge in [-0.25, -0.2) is 4.98 Å². The van der Waals surface area contributed by atoms with Crippen LogP contribution >= 0.6 is 11.3 Å². The van der Waals surface area contributed by atoms with Crippen LogP contribution in [0, 0.1) is 0 Å². The van der Waals surface area contributed by atoms with Gasteiger partial charge in [0.1, 0.15) is 17.5 Å². The number of amides is 2. The molecule has 1 unspecified atom stereocenters. The van der Waals surface area contributed by atoms with E-state index in [1.54, 1.807) is 42.5 Å². The van der Waals surface area contributed by atoms with Crippen molar-refractivity contribution in [1.29, 1.82) is 0 Å². The number of carbonyl (C=O) groups excluding carboxylic acids is 2. The van der Waals surface area contributed by atoms with Crippen LogP contribution < -0.4 is 19.7 Å². The summed E-state index contributed by atoms with van der Waals surface area (Å²) in [5.41, 5.74) is 2.95. The Morgan fingerprint density at radius 2 is 2.03 bits per heavy atom. The van der Waals surface area contributed by atoms with Gasteiger partial charge in [0.05, 0.1) is 23.0 Å². The molecule has 0 spiro atoms. The molecular formula is C25H27N3O4S. The summed E-state index contributed by atoms with van der Waals surface area (Å²) in [6.45, 7) is 6.22. The number of hydrogen-bond donors (Lipinski definition) is 1. The molecule has 1 N–H and O–H groups in total. The van der Waals surface area contributed by atoms with Crippen molar-refractivity contribution in [1.82, 2.24) is 4.98 Å². The molecular weight excluding hydrogens is 438 g/mol. The number of rotatable bonds is 8. The zero-order valence-electron chi connectivity index (χ0n) is 19.0. The summed E-state index contributed by atoms with van der Waals surface area (Å²) in [4.78, 5) is 32.0. The van der Waals surface area contributed by atoms with Gasteiger partial charge < -0.3 is 14.8 Å². The van der Waals surface area contributed by atoms with Gasteiger partial charge in [0.15, 0.2) is 6.61 Å². The van der Waals surface area contributed by atoms with E-state index in [0.29, 0.717) is 23.7 Å². The van der Waals surface area contributed by atoms with Crippen LogP contribution in [-0.2, 0) is 16.0 Å². The molecule has 0 saturated carbocycles. The van der Waals surface area contributed by atoms with Crippen molar-refractivity contribution in [3.63, 3.8) is 0 Å². The molecule has 0 bridgehead atoms. The van der Waals surface area contributed by atoms with Crippen LogP contribution in [-0.4, -0.2) is 36.1 Å². The Labute approximate surface area is 197 Å². The van der Waals surface area contributed by atoms with Crippen LogP contribution in [0.4, 0.5) is 11.4 Å². The van der Waals surface area contributed by atoms with Gasteiger partial charge in [-0.15, -0.1) is 11.3 Å².